The lowest BCUT2D eigenvalue weighted by Gasteiger charge is -2.35. The molecule has 1 aliphatic rings. The van der Waals surface area contributed by atoms with Crippen LogP contribution in [0.15, 0.2) is 12.1 Å². The molecule has 0 atom stereocenters. The quantitative estimate of drug-likeness (QED) is 0.916. The molecule has 1 fully saturated rings. The molecule has 1 saturated carbocycles. The molecule has 0 radical (unpaired) electrons. The smallest absolute Gasteiger partial charge is 0.267 e. The summed E-state index contributed by atoms with van der Waals surface area (Å²) >= 11 is 0. The van der Waals surface area contributed by atoms with Gasteiger partial charge in [-0.2, -0.15) is 0 Å². The van der Waals surface area contributed by atoms with Gasteiger partial charge in [0, 0.05) is 17.2 Å². The van der Waals surface area contributed by atoms with Gasteiger partial charge in [0.15, 0.2) is 0 Å². The topological polar surface area (TPSA) is 44.5 Å². The van der Waals surface area contributed by atoms with Crippen LogP contribution < -0.4 is 15.2 Å². The molecule has 0 heterocycles. The summed E-state index contributed by atoms with van der Waals surface area (Å²) in [6, 6.07) is 2.97. The first kappa shape index (κ1) is 15.0. The van der Waals surface area contributed by atoms with Gasteiger partial charge in [-0.25, -0.2) is 8.78 Å². The largest absolute Gasteiger partial charge is 0.496 e. The van der Waals surface area contributed by atoms with Crippen molar-refractivity contribution in [3.05, 3.63) is 23.3 Å². The Bertz CT molecular complexity index is 471. The zero-order valence-corrected chi connectivity index (χ0v) is 11.9. The van der Waals surface area contributed by atoms with Gasteiger partial charge in [0.05, 0.1) is 19.8 Å². The van der Waals surface area contributed by atoms with E-state index in [1.54, 1.807) is 0 Å². The Labute approximate surface area is 118 Å². The summed E-state index contributed by atoms with van der Waals surface area (Å²) in [7, 11) is 2.89. The van der Waals surface area contributed by atoms with Crippen molar-refractivity contribution >= 4 is 0 Å². The monoisotopic (exact) mass is 285 g/mol. The number of rotatable bonds is 4. The van der Waals surface area contributed by atoms with E-state index in [-0.39, 0.29) is 11.3 Å². The van der Waals surface area contributed by atoms with E-state index in [0.29, 0.717) is 11.3 Å². The van der Waals surface area contributed by atoms with Crippen LogP contribution >= 0.6 is 0 Å². The molecule has 1 aromatic rings. The fourth-order valence-electron chi connectivity index (χ4n) is 2.94. The normalized spacial score (nSPS) is 18.1. The summed E-state index contributed by atoms with van der Waals surface area (Å²) in [6.45, 7) is 0. The molecule has 3 nitrogen and oxygen atoms in total. The van der Waals surface area contributed by atoms with E-state index in [1.807, 2.05) is 0 Å². The maximum Gasteiger partial charge on any atom is 0.267 e. The highest BCUT2D eigenvalue weighted by Gasteiger charge is 2.34. The number of ether oxygens (including phenoxy) is 2. The second-order valence-electron chi connectivity index (χ2n) is 5.31. The van der Waals surface area contributed by atoms with Crippen LogP contribution in [0.25, 0.3) is 0 Å². The van der Waals surface area contributed by atoms with Gasteiger partial charge in [0.2, 0.25) is 0 Å². The van der Waals surface area contributed by atoms with Crippen LogP contribution in [0.3, 0.4) is 0 Å². The highest BCUT2D eigenvalue weighted by Crippen LogP contribution is 2.43. The van der Waals surface area contributed by atoms with E-state index in [9.17, 15) is 8.78 Å². The standard InChI is InChI=1S/C15H21F2NO2/c1-19-12-9-13(20-2)11(8-10(12)14(16)17)15(18)6-4-3-5-7-15/h8-9,14H,3-7,18H2,1-2H3. The van der Waals surface area contributed by atoms with Crippen molar-refractivity contribution in [3.8, 4) is 11.5 Å². The summed E-state index contributed by atoms with van der Waals surface area (Å²) < 4.78 is 36.7. The molecular formula is C15H21F2NO2. The van der Waals surface area contributed by atoms with Crippen LogP contribution in [0.2, 0.25) is 0 Å². The number of benzene rings is 1. The molecule has 2 rings (SSSR count). The highest BCUT2D eigenvalue weighted by atomic mass is 19.3. The Morgan fingerprint density at radius 2 is 1.65 bits per heavy atom. The fraction of sp³-hybridized carbons (Fsp3) is 0.600. The highest BCUT2D eigenvalue weighted by molar-refractivity contribution is 5.50. The van der Waals surface area contributed by atoms with E-state index in [1.165, 1.54) is 26.4 Å². The molecule has 2 N–H and O–H groups in total. The third-order valence-electron chi connectivity index (χ3n) is 4.07. The van der Waals surface area contributed by atoms with Crippen LogP contribution in [-0.2, 0) is 5.54 Å². The minimum absolute atomic E-state index is 0.126. The molecule has 112 valence electrons. The Balaban J connectivity index is 2.52. The minimum Gasteiger partial charge on any atom is -0.496 e. The van der Waals surface area contributed by atoms with Crippen molar-refractivity contribution in [2.45, 2.75) is 44.1 Å². The molecule has 0 saturated heterocycles. The first-order valence-corrected chi connectivity index (χ1v) is 6.85. The maximum absolute atomic E-state index is 13.2. The molecule has 0 unspecified atom stereocenters. The van der Waals surface area contributed by atoms with Gasteiger partial charge in [-0.15, -0.1) is 0 Å². The number of methoxy groups -OCH3 is 2. The van der Waals surface area contributed by atoms with Crippen molar-refractivity contribution in [1.29, 1.82) is 0 Å². The Hall–Kier alpha value is -1.36. The molecule has 20 heavy (non-hydrogen) atoms. The Kier molecular flexibility index (Phi) is 4.48. The SMILES string of the molecule is COc1cc(OC)c(C2(N)CCCCC2)cc1C(F)F. The van der Waals surface area contributed by atoms with E-state index in [0.717, 1.165) is 32.1 Å². The molecule has 0 aromatic heterocycles. The number of hydrogen-bond acceptors (Lipinski definition) is 3. The van der Waals surface area contributed by atoms with Crippen molar-refractivity contribution in [3.63, 3.8) is 0 Å². The van der Waals surface area contributed by atoms with Gasteiger partial charge < -0.3 is 15.2 Å². The number of nitrogens with two attached hydrogens (primary N) is 1. The van der Waals surface area contributed by atoms with Gasteiger partial charge >= 0.3 is 0 Å². The van der Waals surface area contributed by atoms with Crippen LogP contribution in [0, 0.1) is 0 Å². The minimum atomic E-state index is -2.60. The third kappa shape index (κ3) is 2.73. The Morgan fingerprint density at radius 1 is 1.05 bits per heavy atom. The summed E-state index contributed by atoms with van der Waals surface area (Å²) in [5, 5.41) is 0. The number of halogens is 2. The van der Waals surface area contributed by atoms with E-state index in [2.05, 4.69) is 0 Å². The zero-order chi connectivity index (χ0) is 14.8. The van der Waals surface area contributed by atoms with E-state index >= 15 is 0 Å². The molecular weight excluding hydrogens is 264 g/mol. The van der Waals surface area contributed by atoms with E-state index in [4.69, 9.17) is 15.2 Å². The molecule has 0 spiro atoms. The van der Waals surface area contributed by atoms with Gasteiger partial charge in [-0.05, 0) is 18.9 Å². The second kappa shape index (κ2) is 5.95. The predicted molar refractivity (Wildman–Crippen MR) is 73.5 cm³/mol. The molecule has 1 aromatic carbocycles. The summed E-state index contributed by atoms with van der Waals surface area (Å²) in [6.07, 6.45) is 2.14. The molecule has 5 heteroatoms. The van der Waals surface area contributed by atoms with Gasteiger partial charge in [-0.1, -0.05) is 19.3 Å². The van der Waals surface area contributed by atoms with Crippen LogP contribution in [-0.4, -0.2) is 14.2 Å². The average Bonchev–Trinajstić information content (AvgIpc) is 2.46. The summed E-state index contributed by atoms with van der Waals surface area (Å²) in [4.78, 5) is 0. The summed E-state index contributed by atoms with van der Waals surface area (Å²) in [5.41, 5.74) is 6.40. The number of alkyl halides is 2. The number of hydrogen-bond donors (Lipinski definition) is 1. The molecule has 0 aliphatic heterocycles. The van der Waals surface area contributed by atoms with Gasteiger partial charge in [-0.3, -0.25) is 0 Å². The predicted octanol–water partition coefficient (Wildman–Crippen LogP) is 3.76. The van der Waals surface area contributed by atoms with E-state index < -0.39 is 12.0 Å². The third-order valence-corrected chi connectivity index (χ3v) is 4.07. The molecule has 0 amide bonds. The fourth-order valence-corrected chi connectivity index (χ4v) is 2.94. The van der Waals surface area contributed by atoms with Gasteiger partial charge in [0.1, 0.15) is 11.5 Å². The molecule has 0 bridgehead atoms. The zero-order valence-electron chi connectivity index (χ0n) is 11.9. The van der Waals surface area contributed by atoms with Gasteiger partial charge in [0.25, 0.3) is 6.43 Å². The van der Waals surface area contributed by atoms with Crippen LogP contribution in [0.1, 0.15) is 49.7 Å². The average molecular weight is 285 g/mol. The second-order valence-corrected chi connectivity index (χ2v) is 5.31. The van der Waals surface area contributed by atoms with Crippen LogP contribution in [0.5, 0.6) is 11.5 Å². The van der Waals surface area contributed by atoms with Crippen LogP contribution in [0.4, 0.5) is 8.78 Å². The molecule has 1 aliphatic carbocycles. The Morgan fingerprint density at radius 3 is 2.15 bits per heavy atom. The first-order valence-electron chi connectivity index (χ1n) is 6.85. The first-order chi connectivity index (χ1) is 9.51. The van der Waals surface area contributed by atoms with Crippen molar-refractivity contribution in [2.24, 2.45) is 5.73 Å². The summed E-state index contributed by atoms with van der Waals surface area (Å²) in [5.74, 6) is 0.663. The van der Waals surface area contributed by atoms with Crippen molar-refractivity contribution in [2.75, 3.05) is 14.2 Å². The lowest BCUT2D eigenvalue weighted by molar-refractivity contribution is 0.146. The maximum atomic E-state index is 13.2. The lowest BCUT2D eigenvalue weighted by atomic mass is 9.76. The lowest BCUT2D eigenvalue weighted by Crippen LogP contribution is -2.39. The van der Waals surface area contributed by atoms with Crippen molar-refractivity contribution in [1.82, 2.24) is 0 Å². The van der Waals surface area contributed by atoms with Crippen molar-refractivity contribution < 1.29 is 18.3 Å².